The molecule has 0 amide bonds. The van der Waals surface area contributed by atoms with Gasteiger partial charge in [-0.15, -0.1) is 0 Å². The molecule has 1 aliphatic rings. The van der Waals surface area contributed by atoms with Crippen LogP contribution in [0.2, 0.25) is 0 Å². The highest BCUT2D eigenvalue weighted by molar-refractivity contribution is 4.96. The molecule has 2 nitrogen and oxygen atoms in total. The highest BCUT2D eigenvalue weighted by Crippen LogP contribution is 2.28. The van der Waals surface area contributed by atoms with E-state index in [-0.39, 0.29) is 9.80 Å². The van der Waals surface area contributed by atoms with Gasteiger partial charge in [0, 0.05) is 26.2 Å². The van der Waals surface area contributed by atoms with E-state index < -0.39 is 50.7 Å². The molecule has 0 radical (unpaired) electrons. The van der Waals surface area contributed by atoms with Crippen LogP contribution >= 0.6 is 0 Å². The lowest BCUT2D eigenvalue weighted by Crippen LogP contribution is -2.56. The van der Waals surface area contributed by atoms with Crippen molar-refractivity contribution in [2.45, 2.75) is 12.3 Å². The number of halogens is 7. The highest BCUT2D eigenvalue weighted by Gasteiger charge is 2.44. The second-order valence-corrected chi connectivity index (χ2v) is 3.46. The molecule has 0 atom stereocenters. The third-order valence-electron chi connectivity index (χ3n) is 2.34. The SMILES string of the molecule is FC(F)=CC(F)(F)N1CCN(C(F)(F)F)CC1. The molecule has 0 unspecified atom stereocenters. The summed E-state index contributed by atoms with van der Waals surface area (Å²) in [5, 5.41) is 0. The molecular formula is C8H9F7N2. The van der Waals surface area contributed by atoms with E-state index in [2.05, 4.69) is 0 Å². The van der Waals surface area contributed by atoms with E-state index in [4.69, 9.17) is 0 Å². The van der Waals surface area contributed by atoms with E-state index in [1.165, 1.54) is 0 Å². The lowest BCUT2D eigenvalue weighted by atomic mass is 10.3. The Hall–Kier alpha value is -0.830. The first-order valence-corrected chi connectivity index (χ1v) is 4.61. The molecule has 0 aromatic rings. The predicted octanol–water partition coefficient (Wildman–Crippen LogP) is 2.50. The van der Waals surface area contributed by atoms with Gasteiger partial charge in [0.15, 0.2) is 0 Å². The van der Waals surface area contributed by atoms with Gasteiger partial charge in [-0.25, -0.2) is 9.80 Å². The van der Waals surface area contributed by atoms with Crippen LogP contribution in [0, 0.1) is 0 Å². The molecule has 0 aromatic heterocycles. The van der Waals surface area contributed by atoms with Crippen LogP contribution in [-0.4, -0.2) is 48.3 Å². The Balaban J connectivity index is 2.61. The first kappa shape index (κ1) is 14.2. The van der Waals surface area contributed by atoms with Crippen molar-refractivity contribution in [2.24, 2.45) is 0 Å². The average molecular weight is 266 g/mol. The molecule has 0 N–H and O–H groups in total. The normalized spacial score (nSPS) is 20.4. The number of alkyl halides is 5. The zero-order valence-electron chi connectivity index (χ0n) is 8.45. The predicted molar refractivity (Wildman–Crippen MR) is 44.4 cm³/mol. The summed E-state index contributed by atoms with van der Waals surface area (Å²) < 4.78 is 86.0. The van der Waals surface area contributed by atoms with Crippen LogP contribution < -0.4 is 0 Å². The third-order valence-corrected chi connectivity index (χ3v) is 2.34. The molecule has 17 heavy (non-hydrogen) atoms. The largest absolute Gasteiger partial charge is 0.460 e. The van der Waals surface area contributed by atoms with Crippen molar-refractivity contribution in [2.75, 3.05) is 26.2 Å². The van der Waals surface area contributed by atoms with E-state index in [9.17, 15) is 30.7 Å². The molecule has 0 bridgehead atoms. The van der Waals surface area contributed by atoms with Crippen LogP contribution in [0.3, 0.4) is 0 Å². The molecule has 0 aliphatic carbocycles. The summed E-state index contributed by atoms with van der Waals surface area (Å²) in [6.07, 6.45) is -7.70. The topological polar surface area (TPSA) is 6.48 Å². The van der Waals surface area contributed by atoms with Crippen LogP contribution in [0.25, 0.3) is 0 Å². The monoisotopic (exact) mass is 266 g/mol. The van der Waals surface area contributed by atoms with Gasteiger partial charge in [0.1, 0.15) is 0 Å². The second-order valence-electron chi connectivity index (χ2n) is 3.46. The smallest absolute Gasteiger partial charge is 0.238 e. The van der Waals surface area contributed by atoms with Crippen molar-refractivity contribution in [3.63, 3.8) is 0 Å². The quantitative estimate of drug-likeness (QED) is 0.559. The Kier molecular flexibility index (Phi) is 4.03. The van der Waals surface area contributed by atoms with E-state index in [1.54, 1.807) is 0 Å². The van der Waals surface area contributed by atoms with Gasteiger partial charge in [0.25, 0.3) is 6.08 Å². The molecule has 1 rings (SSSR count). The lowest BCUT2D eigenvalue weighted by molar-refractivity contribution is -0.260. The Bertz CT molecular complexity index is 287. The molecular weight excluding hydrogens is 257 g/mol. The van der Waals surface area contributed by atoms with Crippen molar-refractivity contribution < 1.29 is 30.7 Å². The Morgan fingerprint density at radius 3 is 1.59 bits per heavy atom. The van der Waals surface area contributed by atoms with Gasteiger partial charge in [-0.1, -0.05) is 0 Å². The summed E-state index contributed by atoms with van der Waals surface area (Å²) in [4.78, 5) is 0.351. The van der Waals surface area contributed by atoms with Gasteiger partial charge in [0.2, 0.25) is 0 Å². The standard InChI is InChI=1S/C8H9F7N2/c9-6(10)5-7(11,12)16-1-3-17(4-2-16)8(13,14)15/h5H,1-4H2. The number of nitrogens with zero attached hydrogens (tertiary/aromatic N) is 2. The number of hydrogen-bond donors (Lipinski definition) is 0. The van der Waals surface area contributed by atoms with Gasteiger partial charge >= 0.3 is 12.3 Å². The Morgan fingerprint density at radius 1 is 0.824 bits per heavy atom. The van der Waals surface area contributed by atoms with E-state index in [1.807, 2.05) is 0 Å². The van der Waals surface area contributed by atoms with E-state index >= 15 is 0 Å². The summed E-state index contributed by atoms with van der Waals surface area (Å²) in [5.41, 5.74) is 0. The molecule has 100 valence electrons. The summed E-state index contributed by atoms with van der Waals surface area (Å²) in [5.74, 6) is 0. The van der Waals surface area contributed by atoms with E-state index in [0.29, 0.717) is 0 Å². The second kappa shape index (κ2) is 4.81. The fourth-order valence-electron chi connectivity index (χ4n) is 1.48. The molecule has 1 heterocycles. The van der Waals surface area contributed by atoms with Crippen LogP contribution in [0.5, 0.6) is 0 Å². The fraction of sp³-hybridized carbons (Fsp3) is 0.750. The van der Waals surface area contributed by atoms with Crippen molar-refractivity contribution in [3.05, 3.63) is 12.2 Å². The van der Waals surface area contributed by atoms with E-state index in [0.717, 1.165) is 0 Å². The summed E-state index contributed by atoms with van der Waals surface area (Å²) >= 11 is 0. The molecule has 9 heteroatoms. The number of hydrogen-bond acceptors (Lipinski definition) is 2. The van der Waals surface area contributed by atoms with Crippen molar-refractivity contribution in [1.29, 1.82) is 0 Å². The minimum Gasteiger partial charge on any atom is -0.238 e. The van der Waals surface area contributed by atoms with Gasteiger partial charge in [-0.05, 0) is 0 Å². The summed E-state index contributed by atoms with van der Waals surface area (Å²) in [7, 11) is 0. The number of piperazine rings is 1. The molecule has 1 saturated heterocycles. The van der Waals surface area contributed by atoms with Gasteiger partial charge in [-0.2, -0.15) is 30.7 Å². The maximum absolute atomic E-state index is 13.1. The van der Waals surface area contributed by atoms with Gasteiger partial charge < -0.3 is 0 Å². The summed E-state index contributed by atoms with van der Waals surface area (Å²) in [6, 6.07) is -3.92. The average Bonchev–Trinajstić information content (AvgIpc) is 2.14. The van der Waals surface area contributed by atoms with Gasteiger partial charge in [0.05, 0.1) is 6.08 Å². The molecule has 0 spiro atoms. The Morgan fingerprint density at radius 2 is 1.24 bits per heavy atom. The number of rotatable bonds is 2. The van der Waals surface area contributed by atoms with Crippen LogP contribution in [0.4, 0.5) is 30.7 Å². The molecule has 1 fully saturated rings. The Labute approximate surface area is 92.3 Å². The lowest BCUT2D eigenvalue weighted by Gasteiger charge is -2.37. The molecule has 0 saturated carbocycles. The fourth-order valence-corrected chi connectivity index (χ4v) is 1.48. The van der Waals surface area contributed by atoms with Crippen LogP contribution in [0.15, 0.2) is 12.2 Å². The van der Waals surface area contributed by atoms with Crippen molar-refractivity contribution in [3.8, 4) is 0 Å². The molecule has 1 aliphatic heterocycles. The van der Waals surface area contributed by atoms with Gasteiger partial charge in [-0.3, -0.25) is 0 Å². The molecule has 0 aromatic carbocycles. The zero-order chi connectivity index (χ0) is 13.3. The van der Waals surface area contributed by atoms with Crippen LogP contribution in [-0.2, 0) is 0 Å². The van der Waals surface area contributed by atoms with Crippen molar-refractivity contribution in [1.82, 2.24) is 9.80 Å². The highest BCUT2D eigenvalue weighted by atomic mass is 19.4. The first-order valence-electron chi connectivity index (χ1n) is 4.61. The zero-order valence-corrected chi connectivity index (χ0v) is 8.45. The minimum atomic E-state index is -4.58. The maximum atomic E-state index is 13.1. The maximum Gasteiger partial charge on any atom is 0.460 e. The third kappa shape index (κ3) is 3.84. The first-order chi connectivity index (χ1) is 7.63. The minimum absolute atomic E-state index is 0.0646. The van der Waals surface area contributed by atoms with Crippen LogP contribution in [0.1, 0.15) is 0 Å². The van der Waals surface area contributed by atoms with Crippen molar-refractivity contribution >= 4 is 0 Å². The summed E-state index contributed by atoms with van der Waals surface area (Å²) in [6.45, 7) is -2.59.